The van der Waals surface area contributed by atoms with E-state index < -0.39 is 28.8 Å². The number of fused-ring (bicyclic) bond motifs is 1. The maximum Gasteiger partial charge on any atom is 0.261 e. The van der Waals surface area contributed by atoms with Crippen LogP contribution >= 0.6 is 11.6 Å². The first-order chi connectivity index (χ1) is 14.3. The van der Waals surface area contributed by atoms with Gasteiger partial charge < -0.3 is 5.11 Å². The molecule has 1 N–H and O–H groups in total. The molecule has 2 aromatic heterocycles. The van der Waals surface area contributed by atoms with Crippen LogP contribution in [0.3, 0.4) is 0 Å². The van der Waals surface area contributed by atoms with Crippen molar-refractivity contribution in [2.75, 3.05) is 0 Å². The van der Waals surface area contributed by atoms with Gasteiger partial charge in [0.2, 0.25) is 0 Å². The summed E-state index contributed by atoms with van der Waals surface area (Å²) in [5, 5.41) is 16.3. The summed E-state index contributed by atoms with van der Waals surface area (Å²) >= 11 is 5.96. The third-order valence-corrected chi connectivity index (χ3v) is 5.36. The number of hydrogen-bond acceptors (Lipinski definition) is 5. The van der Waals surface area contributed by atoms with Crippen molar-refractivity contribution in [1.29, 1.82) is 0 Å². The summed E-state index contributed by atoms with van der Waals surface area (Å²) in [5.74, 6) is -1.73. The van der Waals surface area contributed by atoms with Crippen LogP contribution < -0.4 is 5.56 Å². The Kier molecular flexibility index (Phi) is 5.08. The molecule has 2 aromatic carbocycles. The zero-order chi connectivity index (χ0) is 21.5. The van der Waals surface area contributed by atoms with E-state index in [0.29, 0.717) is 16.6 Å². The van der Waals surface area contributed by atoms with Crippen LogP contribution in [0, 0.1) is 11.6 Å². The van der Waals surface area contributed by atoms with E-state index in [1.54, 1.807) is 19.1 Å². The van der Waals surface area contributed by atoms with Crippen LogP contribution in [0.25, 0.3) is 10.9 Å². The summed E-state index contributed by atoms with van der Waals surface area (Å²) in [5.41, 5.74) is -2.21. The lowest BCUT2D eigenvalue weighted by atomic mass is 9.86. The topological polar surface area (TPSA) is 85.8 Å². The van der Waals surface area contributed by atoms with Crippen molar-refractivity contribution < 1.29 is 13.9 Å². The van der Waals surface area contributed by atoms with Crippen LogP contribution in [0.2, 0.25) is 5.02 Å². The average molecular weight is 432 g/mol. The van der Waals surface area contributed by atoms with Gasteiger partial charge in [-0.05, 0) is 31.2 Å². The number of benzene rings is 2. The van der Waals surface area contributed by atoms with E-state index in [4.69, 9.17) is 11.6 Å². The molecule has 2 atom stereocenters. The third kappa shape index (κ3) is 3.46. The summed E-state index contributed by atoms with van der Waals surface area (Å²) < 4.78 is 30.7. The SMILES string of the molecule is CC(n1cnc2cc(Cl)ccc2c1=O)[C@](O)(Cn1cncn1)c1ccc(F)cc1F. The van der Waals surface area contributed by atoms with Crippen LogP contribution in [0.1, 0.15) is 18.5 Å². The molecule has 0 aliphatic carbocycles. The highest BCUT2D eigenvalue weighted by Gasteiger charge is 2.41. The Balaban J connectivity index is 1.88. The fourth-order valence-electron chi connectivity index (χ4n) is 3.46. The molecule has 0 bridgehead atoms. The molecule has 0 fully saturated rings. The monoisotopic (exact) mass is 431 g/mol. The van der Waals surface area contributed by atoms with E-state index in [1.165, 1.54) is 34.3 Å². The molecule has 0 radical (unpaired) electrons. The van der Waals surface area contributed by atoms with Gasteiger partial charge in [-0.1, -0.05) is 17.7 Å². The van der Waals surface area contributed by atoms with Gasteiger partial charge in [-0.2, -0.15) is 5.10 Å². The lowest BCUT2D eigenvalue weighted by molar-refractivity contribution is -0.0343. The number of nitrogens with zero attached hydrogens (tertiary/aromatic N) is 5. The molecule has 0 aliphatic heterocycles. The molecule has 4 aromatic rings. The van der Waals surface area contributed by atoms with Crippen molar-refractivity contribution in [2.45, 2.75) is 25.1 Å². The lowest BCUT2D eigenvalue weighted by Crippen LogP contribution is -2.43. The lowest BCUT2D eigenvalue weighted by Gasteiger charge is -2.35. The Morgan fingerprint density at radius 3 is 2.70 bits per heavy atom. The molecular weight excluding hydrogens is 416 g/mol. The van der Waals surface area contributed by atoms with E-state index >= 15 is 0 Å². The van der Waals surface area contributed by atoms with Gasteiger partial charge in [0.1, 0.15) is 29.9 Å². The Hall–Kier alpha value is -3.17. The van der Waals surface area contributed by atoms with Gasteiger partial charge >= 0.3 is 0 Å². The van der Waals surface area contributed by atoms with E-state index in [2.05, 4.69) is 15.1 Å². The highest BCUT2D eigenvalue weighted by atomic mass is 35.5. The van der Waals surface area contributed by atoms with E-state index in [0.717, 1.165) is 12.1 Å². The van der Waals surface area contributed by atoms with Crippen LogP contribution in [-0.4, -0.2) is 29.4 Å². The first kappa shape index (κ1) is 20.1. The second kappa shape index (κ2) is 7.58. The minimum absolute atomic E-state index is 0.185. The maximum absolute atomic E-state index is 14.7. The largest absolute Gasteiger partial charge is 0.381 e. The fraction of sp³-hybridized carbons (Fsp3) is 0.200. The Morgan fingerprint density at radius 1 is 1.20 bits per heavy atom. The van der Waals surface area contributed by atoms with Crippen molar-refractivity contribution in [1.82, 2.24) is 24.3 Å². The molecular formula is C20H16ClF2N5O2. The Labute approximate surface area is 174 Å². The van der Waals surface area contributed by atoms with Crippen LogP contribution in [0.5, 0.6) is 0 Å². The highest BCUT2D eigenvalue weighted by molar-refractivity contribution is 6.31. The van der Waals surface area contributed by atoms with Crippen molar-refractivity contribution in [3.8, 4) is 0 Å². The van der Waals surface area contributed by atoms with Gasteiger partial charge in [-0.3, -0.25) is 9.36 Å². The zero-order valence-electron chi connectivity index (χ0n) is 15.7. The molecule has 0 aliphatic rings. The van der Waals surface area contributed by atoms with Crippen molar-refractivity contribution in [3.05, 3.63) is 88.0 Å². The Morgan fingerprint density at radius 2 is 2.00 bits per heavy atom. The van der Waals surface area contributed by atoms with Crippen molar-refractivity contribution in [2.24, 2.45) is 0 Å². The molecule has 0 amide bonds. The number of aromatic nitrogens is 5. The van der Waals surface area contributed by atoms with Crippen LogP contribution in [-0.2, 0) is 12.1 Å². The fourth-order valence-corrected chi connectivity index (χ4v) is 3.62. The van der Waals surface area contributed by atoms with E-state index in [1.807, 2.05) is 0 Å². The van der Waals surface area contributed by atoms with Crippen LogP contribution in [0.4, 0.5) is 8.78 Å². The first-order valence-electron chi connectivity index (χ1n) is 8.96. The molecule has 1 unspecified atom stereocenters. The number of halogens is 3. The molecule has 0 spiro atoms. The summed E-state index contributed by atoms with van der Waals surface area (Å²) in [6.07, 6.45) is 3.88. The number of hydrogen-bond donors (Lipinski definition) is 1. The molecule has 4 rings (SSSR count). The van der Waals surface area contributed by atoms with Gasteiger partial charge in [0.25, 0.3) is 5.56 Å². The maximum atomic E-state index is 14.7. The number of rotatable bonds is 5. The molecule has 2 heterocycles. The van der Waals surface area contributed by atoms with Gasteiger partial charge in [-0.15, -0.1) is 0 Å². The minimum Gasteiger partial charge on any atom is -0.381 e. The molecule has 0 saturated carbocycles. The van der Waals surface area contributed by atoms with Gasteiger partial charge in [0.15, 0.2) is 0 Å². The second-order valence-electron chi connectivity index (χ2n) is 6.94. The van der Waals surface area contributed by atoms with Crippen molar-refractivity contribution >= 4 is 22.5 Å². The quantitative estimate of drug-likeness (QED) is 0.525. The average Bonchev–Trinajstić information content (AvgIpc) is 3.20. The Bertz CT molecular complexity index is 1280. The standard InChI is InChI=1S/C20H16ClF2N5O2/c1-12(28-11-25-18-6-13(21)2-4-15(18)19(28)29)20(30,8-27-10-24-9-26-27)16-5-3-14(22)7-17(16)23/h2-7,9-12,30H,8H2,1H3/t12?,20-/m1/s1. The third-order valence-electron chi connectivity index (χ3n) is 5.12. The highest BCUT2D eigenvalue weighted by Crippen LogP contribution is 2.36. The van der Waals surface area contributed by atoms with E-state index in [9.17, 15) is 18.7 Å². The minimum atomic E-state index is -1.98. The van der Waals surface area contributed by atoms with Gasteiger partial charge in [0, 0.05) is 16.7 Å². The predicted octanol–water partition coefficient (Wildman–Crippen LogP) is 3.07. The summed E-state index contributed by atoms with van der Waals surface area (Å²) in [6.45, 7) is 1.31. The molecule has 10 heteroatoms. The molecule has 154 valence electrons. The van der Waals surface area contributed by atoms with Crippen LogP contribution in [0.15, 0.2) is 60.2 Å². The molecule has 7 nitrogen and oxygen atoms in total. The summed E-state index contributed by atoms with van der Waals surface area (Å²) in [6, 6.07) is 6.51. The second-order valence-corrected chi connectivity index (χ2v) is 7.37. The molecule has 30 heavy (non-hydrogen) atoms. The number of aliphatic hydroxyl groups is 1. The smallest absolute Gasteiger partial charge is 0.261 e. The van der Waals surface area contributed by atoms with Gasteiger partial charge in [-0.25, -0.2) is 23.4 Å². The van der Waals surface area contributed by atoms with E-state index in [-0.39, 0.29) is 17.5 Å². The van der Waals surface area contributed by atoms with Crippen molar-refractivity contribution in [3.63, 3.8) is 0 Å². The zero-order valence-corrected chi connectivity index (χ0v) is 16.5. The summed E-state index contributed by atoms with van der Waals surface area (Å²) in [7, 11) is 0. The normalized spacial score (nSPS) is 14.6. The first-order valence-corrected chi connectivity index (χ1v) is 9.34. The summed E-state index contributed by atoms with van der Waals surface area (Å²) in [4.78, 5) is 21.2. The molecule has 0 saturated heterocycles. The van der Waals surface area contributed by atoms with Gasteiger partial charge in [0.05, 0.1) is 29.8 Å². The predicted molar refractivity (Wildman–Crippen MR) is 106 cm³/mol.